The summed E-state index contributed by atoms with van der Waals surface area (Å²) in [6, 6.07) is 17.7. The molecule has 0 saturated carbocycles. The second kappa shape index (κ2) is 9.11. The number of carbonyl (C=O) groups is 1. The molecule has 1 aromatic carbocycles. The predicted molar refractivity (Wildman–Crippen MR) is 115 cm³/mol. The van der Waals surface area contributed by atoms with Gasteiger partial charge in [-0.1, -0.05) is 48.2 Å². The van der Waals surface area contributed by atoms with Crippen LogP contribution in [0.25, 0.3) is 10.7 Å². The number of aromatic nitrogens is 3. The van der Waals surface area contributed by atoms with E-state index in [0.717, 1.165) is 27.2 Å². The van der Waals surface area contributed by atoms with E-state index >= 15 is 0 Å². The smallest absolute Gasteiger partial charge is 0.231 e. The average molecular weight is 425 g/mol. The molecule has 4 rings (SSSR count). The molecule has 0 bridgehead atoms. The molecule has 0 aliphatic carbocycles. The molecule has 29 heavy (non-hydrogen) atoms. The van der Waals surface area contributed by atoms with Gasteiger partial charge >= 0.3 is 0 Å². The van der Waals surface area contributed by atoms with Crippen molar-refractivity contribution in [2.45, 2.75) is 24.7 Å². The molecule has 6 nitrogen and oxygen atoms in total. The van der Waals surface area contributed by atoms with Crippen LogP contribution in [0.15, 0.2) is 75.8 Å². The standard InChI is InChI=1S/C21H20N4O2S2/c1-15(17-9-5-11-27-17)22-19(26)14-29-21-24-23-20(18-10-6-12-28-18)25(21)13-16-7-3-2-4-8-16/h2-12,15H,13-14H2,1H3,(H,22,26). The van der Waals surface area contributed by atoms with Gasteiger partial charge in [-0.05, 0) is 36.1 Å². The number of nitrogens with one attached hydrogen (secondary N) is 1. The van der Waals surface area contributed by atoms with E-state index in [4.69, 9.17) is 4.42 Å². The van der Waals surface area contributed by atoms with Crippen molar-refractivity contribution in [1.29, 1.82) is 0 Å². The van der Waals surface area contributed by atoms with Crippen molar-refractivity contribution in [3.8, 4) is 10.7 Å². The van der Waals surface area contributed by atoms with E-state index in [-0.39, 0.29) is 17.7 Å². The summed E-state index contributed by atoms with van der Waals surface area (Å²) >= 11 is 3.01. The van der Waals surface area contributed by atoms with Crippen LogP contribution in [-0.4, -0.2) is 26.4 Å². The highest BCUT2D eigenvalue weighted by Gasteiger charge is 2.18. The maximum atomic E-state index is 12.4. The minimum Gasteiger partial charge on any atom is -0.467 e. The zero-order valence-electron chi connectivity index (χ0n) is 15.8. The van der Waals surface area contributed by atoms with Gasteiger partial charge in [-0.2, -0.15) is 0 Å². The Morgan fingerprint density at radius 1 is 1.17 bits per heavy atom. The molecule has 0 aliphatic rings. The third-order valence-corrected chi connectivity index (χ3v) is 6.15. The lowest BCUT2D eigenvalue weighted by Crippen LogP contribution is -2.28. The fourth-order valence-electron chi connectivity index (χ4n) is 2.91. The molecule has 1 N–H and O–H groups in total. The minimum absolute atomic E-state index is 0.0779. The molecule has 3 heterocycles. The maximum absolute atomic E-state index is 12.4. The number of nitrogens with zero attached hydrogens (tertiary/aromatic N) is 3. The van der Waals surface area contributed by atoms with Gasteiger partial charge in [0.25, 0.3) is 0 Å². The van der Waals surface area contributed by atoms with Gasteiger partial charge in [0.2, 0.25) is 5.91 Å². The fraction of sp³-hybridized carbons (Fsp3) is 0.190. The minimum atomic E-state index is -0.179. The Balaban J connectivity index is 1.48. The van der Waals surface area contributed by atoms with Crippen molar-refractivity contribution in [1.82, 2.24) is 20.1 Å². The molecule has 148 valence electrons. The largest absolute Gasteiger partial charge is 0.467 e. The Morgan fingerprint density at radius 2 is 2.03 bits per heavy atom. The third kappa shape index (κ3) is 4.78. The highest BCUT2D eigenvalue weighted by atomic mass is 32.2. The first-order chi connectivity index (χ1) is 14.2. The molecule has 4 aromatic rings. The highest BCUT2D eigenvalue weighted by Crippen LogP contribution is 2.28. The van der Waals surface area contributed by atoms with E-state index in [9.17, 15) is 4.79 Å². The molecule has 0 fully saturated rings. The predicted octanol–water partition coefficient (Wildman–Crippen LogP) is 4.62. The van der Waals surface area contributed by atoms with Crippen LogP contribution in [0.2, 0.25) is 0 Å². The van der Waals surface area contributed by atoms with Gasteiger partial charge in [0.15, 0.2) is 11.0 Å². The molecular formula is C21H20N4O2S2. The Morgan fingerprint density at radius 3 is 2.76 bits per heavy atom. The molecule has 0 aliphatic heterocycles. The average Bonchev–Trinajstić information content (AvgIpc) is 3.49. The lowest BCUT2D eigenvalue weighted by molar-refractivity contribution is -0.119. The van der Waals surface area contributed by atoms with E-state index in [1.54, 1.807) is 17.6 Å². The first-order valence-electron chi connectivity index (χ1n) is 9.17. The van der Waals surface area contributed by atoms with Crippen LogP contribution in [0.5, 0.6) is 0 Å². The van der Waals surface area contributed by atoms with Gasteiger partial charge in [-0.25, -0.2) is 0 Å². The topological polar surface area (TPSA) is 73.0 Å². The van der Waals surface area contributed by atoms with E-state index in [2.05, 4.69) is 32.2 Å². The van der Waals surface area contributed by atoms with E-state index in [0.29, 0.717) is 6.54 Å². The van der Waals surface area contributed by atoms with Crippen molar-refractivity contribution in [3.63, 3.8) is 0 Å². The summed E-state index contributed by atoms with van der Waals surface area (Å²) in [4.78, 5) is 13.5. The number of hydrogen-bond donors (Lipinski definition) is 1. The Bertz CT molecular complexity index is 1040. The molecule has 3 aromatic heterocycles. The summed E-state index contributed by atoms with van der Waals surface area (Å²) in [5.74, 6) is 1.72. The molecule has 8 heteroatoms. The van der Waals surface area contributed by atoms with Gasteiger partial charge in [0, 0.05) is 0 Å². The number of amides is 1. The zero-order valence-corrected chi connectivity index (χ0v) is 17.5. The molecule has 1 unspecified atom stereocenters. The summed E-state index contributed by atoms with van der Waals surface area (Å²) in [6.45, 7) is 2.54. The molecular weight excluding hydrogens is 404 g/mol. The first-order valence-corrected chi connectivity index (χ1v) is 11.0. The van der Waals surface area contributed by atoms with Crippen molar-refractivity contribution in [2.24, 2.45) is 0 Å². The number of benzene rings is 1. The van der Waals surface area contributed by atoms with Crippen LogP contribution < -0.4 is 5.32 Å². The lowest BCUT2D eigenvalue weighted by Gasteiger charge is -2.12. The molecule has 0 saturated heterocycles. The van der Waals surface area contributed by atoms with Crippen LogP contribution in [0.3, 0.4) is 0 Å². The quantitative estimate of drug-likeness (QED) is 0.418. The van der Waals surface area contributed by atoms with E-state index < -0.39 is 0 Å². The number of hydrogen-bond acceptors (Lipinski definition) is 6. The van der Waals surface area contributed by atoms with Gasteiger partial charge in [0.05, 0.1) is 29.5 Å². The van der Waals surface area contributed by atoms with Crippen LogP contribution in [0.1, 0.15) is 24.3 Å². The van der Waals surface area contributed by atoms with Crippen molar-refractivity contribution < 1.29 is 9.21 Å². The van der Waals surface area contributed by atoms with Gasteiger partial charge < -0.3 is 9.73 Å². The highest BCUT2D eigenvalue weighted by molar-refractivity contribution is 7.99. The van der Waals surface area contributed by atoms with Crippen LogP contribution >= 0.6 is 23.1 Å². The normalized spacial score (nSPS) is 12.0. The second-order valence-corrected chi connectivity index (χ2v) is 8.34. The van der Waals surface area contributed by atoms with E-state index in [1.807, 2.05) is 54.8 Å². The van der Waals surface area contributed by atoms with E-state index in [1.165, 1.54) is 11.8 Å². The number of rotatable bonds is 8. The Labute approximate surface area is 177 Å². The van der Waals surface area contributed by atoms with Crippen LogP contribution in [0, 0.1) is 0 Å². The fourth-order valence-corrected chi connectivity index (χ4v) is 4.38. The SMILES string of the molecule is CC(NC(=O)CSc1nnc(-c2cccs2)n1Cc1ccccc1)c1ccco1. The number of furan rings is 1. The summed E-state index contributed by atoms with van der Waals surface area (Å²) in [5, 5.41) is 14.4. The Hall–Kier alpha value is -2.84. The summed E-state index contributed by atoms with van der Waals surface area (Å²) < 4.78 is 7.41. The summed E-state index contributed by atoms with van der Waals surface area (Å²) in [5.41, 5.74) is 1.16. The number of thiophene rings is 1. The molecule has 0 radical (unpaired) electrons. The third-order valence-electron chi connectivity index (χ3n) is 4.32. The van der Waals surface area contributed by atoms with Crippen molar-refractivity contribution >= 4 is 29.0 Å². The van der Waals surface area contributed by atoms with Gasteiger partial charge in [-0.15, -0.1) is 21.5 Å². The van der Waals surface area contributed by atoms with Crippen LogP contribution in [0.4, 0.5) is 0 Å². The lowest BCUT2D eigenvalue weighted by atomic mass is 10.2. The van der Waals surface area contributed by atoms with Gasteiger partial charge in [-0.3, -0.25) is 9.36 Å². The monoisotopic (exact) mass is 424 g/mol. The number of thioether (sulfide) groups is 1. The Kier molecular flexibility index (Phi) is 6.12. The second-order valence-electron chi connectivity index (χ2n) is 6.45. The molecule has 0 spiro atoms. The molecule has 1 atom stereocenters. The van der Waals surface area contributed by atoms with Gasteiger partial charge in [0.1, 0.15) is 5.76 Å². The molecule has 1 amide bonds. The number of carbonyl (C=O) groups excluding carboxylic acids is 1. The van der Waals surface area contributed by atoms with Crippen molar-refractivity contribution in [2.75, 3.05) is 5.75 Å². The summed E-state index contributed by atoms with van der Waals surface area (Å²) in [7, 11) is 0. The summed E-state index contributed by atoms with van der Waals surface area (Å²) in [6.07, 6.45) is 1.60. The zero-order chi connectivity index (χ0) is 20.1. The van der Waals surface area contributed by atoms with Crippen LogP contribution in [-0.2, 0) is 11.3 Å². The van der Waals surface area contributed by atoms with Crippen molar-refractivity contribution in [3.05, 3.63) is 77.6 Å². The maximum Gasteiger partial charge on any atom is 0.231 e. The first kappa shape index (κ1) is 19.5.